The van der Waals surface area contributed by atoms with Crippen molar-refractivity contribution in [3.05, 3.63) is 51.2 Å². The largest absolute Gasteiger partial charge is 0.456 e. The van der Waals surface area contributed by atoms with Gasteiger partial charge in [-0.2, -0.15) is 0 Å². The number of sulfonamides is 1. The first-order valence-corrected chi connectivity index (χ1v) is 10.1. The Morgan fingerprint density at radius 1 is 1.27 bits per heavy atom. The predicted octanol–water partition coefficient (Wildman–Crippen LogP) is 2.25. The van der Waals surface area contributed by atoms with E-state index in [2.05, 4.69) is 9.71 Å². The van der Waals surface area contributed by atoms with Crippen LogP contribution in [0.4, 0.5) is 0 Å². The summed E-state index contributed by atoms with van der Waals surface area (Å²) in [6.45, 7) is 1.02. The molecule has 136 valence electrons. The number of ketones is 1. The van der Waals surface area contributed by atoms with E-state index in [-0.39, 0.29) is 16.5 Å². The molecule has 1 atom stereocenters. The highest BCUT2D eigenvalue weighted by molar-refractivity contribution is 7.90. The van der Waals surface area contributed by atoms with Gasteiger partial charge in [-0.15, -0.1) is 11.3 Å². The molecule has 1 N–H and O–H groups in total. The Kier molecular flexibility index (Phi) is 5.12. The number of amidine groups is 1. The fourth-order valence-electron chi connectivity index (χ4n) is 2.27. The van der Waals surface area contributed by atoms with Crippen LogP contribution in [-0.2, 0) is 19.6 Å². The minimum atomic E-state index is -3.68. The number of benzene rings is 1. The van der Waals surface area contributed by atoms with Crippen molar-refractivity contribution >= 4 is 50.5 Å². The van der Waals surface area contributed by atoms with Crippen LogP contribution in [-0.4, -0.2) is 38.7 Å². The van der Waals surface area contributed by atoms with Crippen molar-refractivity contribution in [2.45, 2.75) is 17.9 Å². The first-order valence-electron chi connectivity index (χ1n) is 7.43. The number of carbonyl (C=O) groups is 2. The smallest absolute Gasteiger partial charge is 0.331 e. The van der Waals surface area contributed by atoms with Crippen LogP contribution in [0, 0.1) is 0 Å². The van der Waals surface area contributed by atoms with Crippen molar-refractivity contribution in [1.29, 1.82) is 0 Å². The summed E-state index contributed by atoms with van der Waals surface area (Å²) in [6, 6.07) is 8.46. The van der Waals surface area contributed by atoms with Crippen LogP contribution in [0.25, 0.3) is 0 Å². The van der Waals surface area contributed by atoms with Gasteiger partial charge in [-0.25, -0.2) is 13.2 Å². The number of rotatable bonds is 5. The summed E-state index contributed by atoms with van der Waals surface area (Å²) in [4.78, 5) is 28.6. The average molecular weight is 413 g/mol. The Morgan fingerprint density at radius 2 is 2.00 bits per heavy atom. The molecule has 26 heavy (non-hydrogen) atoms. The molecule has 3 rings (SSSR count). The summed E-state index contributed by atoms with van der Waals surface area (Å²) in [5, 5.41) is 0. The number of aliphatic imine (C=N–C) groups is 1. The molecule has 0 saturated heterocycles. The lowest BCUT2D eigenvalue weighted by Crippen LogP contribution is -2.27. The lowest BCUT2D eigenvalue weighted by molar-refractivity contribution is -0.143. The van der Waals surface area contributed by atoms with Crippen molar-refractivity contribution in [2.75, 3.05) is 6.61 Å². The maximum atomic E-state index is 12.1. The number of esters is 1. The molecule has 2 aromatic rings. The van der Waals surface area contributed by atoms with E-state index in [1.54, 1.807) is 30.3 Å². The number of hydrogen-bond acceptors (Lipinski definition) is 7. The van der Waals surface area contributed by atoms with Gasteiger partial charge < -0.3 is 4.74 Å². The van der Waals surface area contributed by atoms with Gasteiger partial charge in [0, 0.05) is 5.56 Å². The standard InChI is InChI=1S/C16H13ClN2O5S2/c1-9(16(21)24-8-11(20)12-6-7-14(17)25-12)18-15-10-4-2-3-5-13(10)26(22,23)19-15/h2-7,9H,8H2,1H3,(H,18,19)/t9-/m0/s1. The lowest BCUT2D eigenvalue weighted by atomic mass is 10.2. The van der Waals surface area contributed by atoms with E-state index in [9.17, 15) is 18.0 Å². The van der Waals surface area contributed by atoms with E-state index < -0.39 is 28.6 Å². The molecular formula is C16H13ClN2O5S2. The number of nitrogens with one attached hydrogen (secondary N) is 1. The van der Waals surface area contributed by atoms with Gasteiger partial charge in [-0.05, 0) is 31.2 Å². The minimum absolute atomic E-state index is 0.0708. The topological polar surface area (TPSA) is 102 Å². The molecule has 1 aromatic carbocycles. The molecule has 1 aromatic heterocycles. The Morgan fingerprint density at radius 3 is 2.69 bits per heavy atom. The Labute approximate surface area is 158 Å². The Bertz CT molecular complexity index is 1010. The number of fused-ring (bicyclic) bond motifs is 1. The number of halogens is 1. The van der Waals surface area contributed by atoms with Gasteiger partial charge in [0.15, 0.2) is 6.61 Å². The monoisotopic (exact) mass is 412 g/mol. The van der Waals surface area contributed by atoms with Crippen LogP contribution < -0.4 is 4.72 Å². The lowest BCUT2D eigenvalue weighted by Gasteiger charge is -2.08. The SMILES string of the molecule is C[C@H](N=C1NS(=O)(=O)c2ccccc21)C(=O)OCC(=O)c1ccc(Cl)s1. The number of Topliss-reactive ketones (excluding diaryl/α,β-unsaturated/α-hetero) is 1. The molecule has 10 heteroatoms. The summed E-state index contributed by atoms with van der Waals surface area (Å²) in [5.41, 5.74) is 0.386. The first-order chi connectivity index (χ1) is 12.3. The molecular weight excluding hydrogens is 400 g/mol. The zero-order chi connectivity index (χ0) is 18.9. The highest BCUT2D eigenvalue weighted by atomic mass is 35.5. The molecule has 0 bridgehead atoms. The summed E-state index contributed by atoms with van der Waals surface area (Å²) >= 11 is 6.86. The third-order valence-electron chi connectivity index (χ3n) is 3.52. The van der Waals surface area contributed by atoms with Crippen molar-refractivity contribution in [3.8, 4) is 0 Å². The summed E-state index contributed by atoms with van der Waals surface area (Å²) < 4.78 is 31.8. The van der Waals surface area contributed by atoms with E-state index in [1.807, 2.05) is 0 Å². The molecule has 0 aliphatic carbocycles. The molecule has 7 nitrogen and oxygen atoms in total. The van der Waals surface area contributed by atoms with Gasteiger partial charge >= 0.3 is 5.97 Å². The van der Waals surface area contributed by atoms with Crippen LogP contribution in [0.1, 0.15) is 22.2 Å². The van der Waals surface area contributed by atoms with Crippen LogP contribution in [0.15, 0.2) is 46.3 Å². The van der Waals surface area contributed by atoms with Gasteiger partial charge in [0.25, 0.3) is 10.0 Å². The van der Waals surface area contributed by atoms with E-state index in [0.717, 1.165) is 11.3 Å². The second-order valence-corrected chi connectivity index (χ2v) is 8.76. The molecule has 2 heterocycles. The normalized spacial score (nSPS) is 17.4. The van der Waals surface area contributed by atoms with Crippen LogP contribution in [0.3, 0.4) is 0 Å². The summed E-state index contributed by atoms with van der Waals surface area (Å²) in [7, 11) is -3.68. The molecule has 1 aliphatic heterocycles. The number of carbonyl (C=O) groups excluding carboxylic acids is 2. The zero-order valence-corrected chi connectivity index (χ0v) is 15.8. The van der Waals surface area contributed by atoms with Crippen molar-refractivity contribution in [2.24, 2.45) is 4.99 Å². The maximum absolute atomic E-state index is 12.1. The van der Waals surface area contributed by atoms with Crippen molar-refractivity contribution in [3.63, 3.8) is 0 Å². The Hall–Kier alpha value is -2.23. The van der Waals surface area contributed by atoms with Gasteiger partial charge in [-0.1, -0.05) is 23.7 Å². The van der Waals surface area contributed by atoms with E-state index in [4.69, 9.17) is 16.3 Å². The fourth-order valence-corrected chi connectivity index (χ4v) is 4.48. The quantitative estimate of drug-likeness (QED) is 0.599. The number of thiophene rings is 1. The molecule has 0 saturated carbocycles. The van der Waals surface area contributed by atoms with Gasteiger partial charge in [-0.3, -0.25) is 14.5 Å². The zero-order valence-electron chi connectivity index (χ0n) is 13.4. The fraction of sp³-hybridized carbons (Fsp3) is 0.188. The number of ether oxygens (including phenoxy) is 1. The molecule has 0 spiro atoms. The Balaban J connectivity index is 1.68. The van der Waals surface area contributed by atoms with Crippen LogP contribution in [0.2, 0.25) is 4.34 Å². The average Bonchev–Trinajstić information content (AvgIpc) is 3.14. The van der Waals surface area contributed by atoms with Gasteiger partial charge in [0.2, 0.25) is 5.78 Å². The van der Waals surface area contributed by atoms with Crippen LogP contribution >= 0.6 is 22.9 Å². The minimum Gasteiger partial charge on any atom is -0.456 e. The van der Waals surface area contributed by atoms with Gasteiger partial charge in [0.05, 0.1) is 14.1 Å². The maximum Gasteiger partial charge on any atom is 0.331 e. The van der Waals surface area contributed by atoms with Crippen LogP contribution in [0.5, 0.6) is 0 Å². The van der Waals surface area contributed by atoms with Crippen molar-refractivity contribution < 1.29 is 22.7 Å². The van der Waals surface area contributed by atoms with Crippen molar-refractivity contribution in [1.82, 2.24) is 4.72 Å². The highest BCUT2D eigenvalue weighted by Crippen LogP contribution is 2.23. The van der Waals surface area contributed by atoms with Gasteiger partial charge in [0.1, 0.15) is 11.9 Å². The summed E-state index contributed by atoms with van der Waals surface area (Å²) in [6.07, 6.45) is 0. The third kappa shape index (κ3) is 3.79. The molecule has 1 aliphatic rings. The highest BCUT2D eigenvalue weighted by Gasteiger charge is 2.31. The predicted molar refractivity (Wildman–Crippen MR) is 97.4 cm³/mol. The third-order valence-corrected chi connectivity index (χ3v) is 6.19. The number of hydrogen-bond donors (Lipinski definition) is 1. The second-order valence-electron chi connectivity index (χ2n) is 5.39. The van der Waals surface area contributed by atoms with E-state index in [0.29, 0.717) is 14.8 Å². The first kappa shape index (κ1) is 18.6. The van der Waals surface area contributed by atoms with E-state index in [1.165, 1.54) is 13.0 Å². The number of nitrogens with zero attached hydrogens (tertiary/aromatic N) is 1. The molecule has 0 radical (unpaired) electrons. The van der Waals surface area contributed by atoms with E-state index >= 15 is 0 Å². The summed E-state index contributed by atoms with van der Waals surface area (Å²) in [5.74, 6) is -1.04. The molecule has 0 unspecified atom stereocenters. The second kappa shape index (κ2) is 7.18. The molecule has 0 fully saturated rings. The molecule has 0 amide bonds.